The number of nitrogens with one attached hydrogen (secondary N) is 1. The smallest absolute Gasteiger partial charge is 0.0595 e. The lowest BCUT2D eigenvalue weighted by molar-refractivity contribution is 0.341. The maximum absolute atomic E-state index is 6.44. The summed E-state index contributed by atoms with van der Waals surface area (Å²) in [5.74, 6) is 0.712. The van der Waals surface area contributed by atoms with Crippen LogP contribution in [0.15, 0.2) is 22.7 Å². The van der Waals surface area contributed by atoms with E-state index in [1.54, 1.807) is 0 Å². The van der Waals surface area contributed by atoms with Crippen molar-refractivity contribution in [2.24, 2.45) is 5.92 Å². The Morgan fingerprint density at radius 3 is 2.50 bits per heavy atom. The quantitative estimate of drug-likeness (QED) is 0.738. The van der Waals surface area contributed by atoms with Crippen molar-refractivity contribution in [1.29, 1.82) is 0 Å². The Kier molecular flexibility index (Phi) is 5.53. The molecule has 18 heavy (non-hydrogen) atoms. The molecular weight excluding hydrogens is 310 g/mol. The van der Waals surface area contributed by atoms with Gasteiger partial charge in [0.2, 0.25) is 0 Å². The monoisotopic (exact) mass is 329 g/mol. The Morgan fingerprint density at radius 2 is 1.89 bits per heavy atom. The Balaban J connectivity index is 2.23. The van der Waals surface area contributed by atoms with Crippen LogP contribution < -0.4 is 5.32 Å². The zero-order chi connectivity index (χ0) is 13.0. The molecule has 0 radical (unpaired) electrons. The number of rotatable bonds is 3. The van der Waals surface area contributed by atoms with Gasteiger partial charge in [-0.2, -0.15) is 0 Å². The molecule has 0 aromatic heterocycles. The van der Waals surface area contributed by atoms with Gasteiger partial charge in [0.05, 0.1) is 5.02 Å². The van der Waals surface area contributed by atoms with E-state index in [9.17, 15) is 0 Å². The van der Waals surface area contributed by atoms with Gasteiger partial charge in [-0.3, -0.25) is 0 Å². The van der Waals surface area contributed by atoms with Gasteiger partial charge < -0.3 is 5.32 Å². The summed E-state index contributed by atoms with van der Waals surface area (Å²) in [7, 11) is 2.05. The van der Waals surface area contributed by atoms with Crippen molar-refractivity contribution in [1.82, 2.24) is 5.32 Å². The van der Waals surface area contributed by atoms with Crippen molar-refractivity contribution in [3.05, 3.63) is 33.3 Å². The fraction of sp³-hybridized carbons (Fsp3) is 0.600. The van der Waals surface area contributed by atoms with E-state index in [1.165, 1.54) is 44.1 Å². The van der Waals surface area contributed by atoms with Gasteiger partial charge in [-0.25, -0.2) is 0 Å². The van der Waals surface area contributed by atoms with Crippen molar-refractivity contribution in [2.75, 3.05) is 7.05 Å². The van der Waals surface area contributed by atoms with E-state index < -0.39 is 0 Å². The summed E-state index contributed by atoms with van der Waals surface area (Å²) in [6.07, 6.45) is 8.12. The van der Waals surface area contributed by atoms with Gasteiger partial charge in [0, 0.05) is 10.5 Å². The molecule has 1 aromatic carbocycles. The highest BCUT2D eigenvalue weighted by Crippen LogP contribution is 2.38. The van der Waals surface area contributed by atoms with Crippen LogP contribution in [0.5, 0.6) is 0 Å². The standard InChI is InChI=1S/C15H21BrClN/c1-18-15(11-7-4-2-3-5-8-11)12-9-6-10-13(16)14(12)17/h6,9-11,15,18H,2-5,7-8H2,1H3. The van der Waals surface area contributed by atoms with Crippen LogP contribution in [0.1, 0.15) is 50.1 Å². The average molecular weight is 331 g/mol. The lowest BCUT2D eigenvalue weighted by Crippen LogP contribution is -2.25. The highest BCUT2D eigenvalue weighted by atomic mass is 79.9. The third-order valence-corrected chi connectivity index (χ3v) is 5.31. The third-order valence-electron chi connectivity index (χ3n) is 4.00. The minimum Gasteiger partial charge on any atom is -0.313 e. The Bertz CT molecular complexity index is 386. The fourth-order valence-corrected chi connectivity index (χ4v) is 3.68. The van der Waals surface area contributed by atoms with E-state index in [0.29, 0.717) is 12.0 Å². The summed E-state index contributed by atoms with van der Waals surface area (Å²) >= 11 is 9.96. The zero-order valence-electron chi connectivity index (χ0n) is 10.9. The minimum atomic E-state index is 0.382. The summed E-state index contributed by atoms with van der Waals surface area (Å²) in [5.41, 5.74) is 1.24. The van der Waals surface area contributed by atoms with Crippen molar-refractivity contribution < 1.29 is 0 Å². The highest BCUT2D eigenvalue weighted by Gasteiger charge is 2.24. The molecule has 1 atom stereocenters. The summed E-state index contributed by atoms with van der Waals surface area (Å²) in [5, 5.41) is 4.34. The third kappa shape index (κ3) is 3.28. The number of hydrogen-bond acceptors (Lipinski definition) is 1. The van der Waals surface area contributed by atoms with E-state index in [4.69, 9.17) is 11.6 Å². The lowest BCUT2D eigenvalue weighted by atomic mass is 9.87. The van der Waals surface area contributed by atoms with Crippen LogP contribution in [-0.2, 0) is 0 Å². The first-order valence-corrected chi connectivity index (χ1v) is 8.02. The molecule has 1 aliphatic rings. The molecular formula is C15H21BrClN. The topological polar surface area (TPSA) is 12.0 Å². The molecule has 1 aromatic rings. The molecule has 1 saturated carbocycles. The van der Waals surface area contributed by atoms with E-state index in [2.05, 4.69) is 33.4 Å². The van der Waals surface area contributed by atoms with Gasteiger partial charge in [0.1, 0.15) is 0 Å². The molecule has 0 bridgehead atoms. The molecule has 2 rings (SSSR count). The summed E-state index contributed by atoms with van der Waals surface area (Å²) < 4.78 is 0.996. The van der Waals surface area contributed by atoms with E-state index in [0.717, 1.165) is 9.50 Å². The SMILES string of the molecule is CNC(c1cccc(Br)c1Cl)C1CCCCCC1. The molecule has 0 spiro atoms. The molecule has 0 heterocycles. The van der Waals surface area contributed by atoms with Gasteiger partial charge >= 0.3 is 0 Å². The number of halogens is 2. The zero-order valence-corrected chi connectivity index (χ0v) is 13.2. The minimum absolute atomic E-state index is 0.382. The van der Waals surface area contributed by atoms with Crippen LogP contribution in [0.2, 0.25) is 5.02 Å². The van der Waals surface area contributed by atoms with Crippen LogP contribution in [-0.4, -0.2) is 7.05 Å². The molecule has 0 amide bonds. The molecule has 0 aliphatic heterocycles. The molecule has 0 saturated heterocycles. The van der Waals surface area contributed by atoms with Crippen LogP contribution >= 0.6 is 27.5 Å². The Morgan fingerprint density at radius 1 is 1.22 bits per heavy atom. The van der Waals surface area contributed by atoms with Gasteiger partial charge in [0.25, 0.3) is 0 Å². The van der Waals surface area contributed by atoms with Gasteiger partial charge in [-0.05, 0) is 53.4 Å². The van der Waals surface area contributed by atoms with Gasteiger partial charge in [0.15, 0.2) is 0 Å². The summed E-state index contributed by atoms with van der Waals surface area (Å²) in [6.45, 7) is 0. The number of hydrogen-bond donors (Lipinski definition) is 1. The van der Waals surface area contributed by atoms with E-state index in [1.807, 2.05) is 13.1 Å². The summed E-state index contributed by atoms with van der Waals surface area (Å²) in [6, 6.07) is 6.62. The maximum Gasteiger partial charge on any atom is 0.0595 e. The predicted octanol–water partition coefficient (Wildman–Crippen LogP) is 5.33. The molecule has 3 heteroatoms. The largest absolute Gasteiger partial charge is 0.313 e. The van der Waals surface area contributed by atoms with Crippen LogP contribution in [0, 0.1) is 5.92 Å². The van der Waals surface area contributed by atoms with Crippen LogP contribution in [0.25, 0.3) is 0 Å². The second-order valence-corrected chi connectivity index (χ2v) is 6.39. The van der Waals surface area contributed by atoms with Crippen molar-refractivity contribution in [2.45, 2.75) is 44.6 Å². The number of benzene rings is 1. The van der Waals surface area contributed by atoms with Gasteiger partial charge in [-0.15, -0.1) is 0 Å². The van der Waals surface area contributed by atoms with Gasteiger partial charge in [-0.1, -0.05) is 49.4 Å². The predicted molar refractivity (Wildman–Crippen MR) is 82.1 cm³/mol. The molecule has 1 N–H and O–H groups in total. The molecule has 1 fully saturated rings. The van der Waals surface area contributed by atoms with E-state index in [-0.39, 0.29) is 0 Å². The first-order chi connectivity index (χ1) is 8.74. The lowest BCUT2D eigenvalue weighted by Gasteiger charge is -2.27. The van der Waals surface area contributed by atoms with Crippen LogP contribution in [0.3, 0.4) is 0 Å². The normalized spacial score (nSPS) is 19.5. The molecule has 100 valence electrons. The van der Waals surface area contributed by atoms with Crippen molar-refractivity contribution >= 4 is 27.5 Å². The van der Waals surface area contributed by atoms with Crippen molar-refractivity contribution in [3.63, 3.8) is 0 Å². The molecule has 1 nitrogen and oxygen atoms in total. The Labute approximate surface area is 123 Å². The molecule has 1 aliphatic carbocycles. The van der Waals surface area contributed by atoms with Crippen LogP contribution in [0.4, 0.5) is 0 Å². The van der Waals surface area contributed by atoms with E-state index >= 15 is 0 Å². The van der Waals surface area contributed by atoms with Crippen molar-refractivity contribution in [3.8, 4) is 0 Å². The maximum atomic E-state index is 6.44. The first kappa shape index (κ1) is 14.4. The Hall–Kier alpha value is -0.0500. The molecule has 1 unspecified atom stereocenters. The first-order valence-electron chi connectivity index (χ1n) is 6.85. The second-order valence-electron chi connectivity index (χ2n) is 5.16. The average Bonchev–Trinajstić information content (AvgIpc) is 2.64. The second kappa shape index (κ2) is 6.93. The summed E-state index contributed by atoms with van der Waals surface area (Å²) in [4.78, 5) is 0. The fourth-order valence-electron chi connectivity index (χ4n) is 3.05. The highest BCUT2D eigenvalue weighted by molar-refractivity contribution is 9.10.